The van der Waals surface area contributed by atoms with Crippen molar-refractivity contribution < 1.29 is 0 Å². The molecule has 102 valence electrons. The zero-order valence-electron chi connectivity index (χ0n) is 10.8. The molecule has 21 heavy (non-hydrogen) atoms. The molecule has 2 aromatic carbocycles. The van der Waals surface area contributed by atoms with Crippen molar-refractivity contribution in [3.05, 3.63) is 69.8 Å². The van der Waals surface area contributed by atoms with Crippen LogP contribution in [0.25, 0.3) is 16.9 Å². The van der Waals surface area contributed by atoms with Crippen LogP contribution in [0.2, 0.25) is 5.15 Å². The van der Waals surface area contributed by atoms with Gasteiger partial charge in [-0.1, -0.05) is 54.1 Å². The molecule has 3 rings (SSSR count). The van der Waals surface area contributed by atoms with E-state index in [-0.39, 0.29) is 0 Å². The Kier molecular flexibility index (Phi) is 3.78. The molecule has 0 fully saturated rings. The van der Waals surface area contributed by atoms with E-state index in [0.29, 0.717) is 16.4 Å². The van der Waals surface area contributed by atoms with Crippen molar-refractivity contribution in [2.24, 2.45) is 0 Å². The smallest absolute Gasteiger partial charge is 0.151 e. The second-order valence-electron chi connectivity index (χ2n) is 4.36. The maximum absolute atomic E-state index is 9.39. The maximum atomic E-state index is 9.39. The molecule has 5 heteroatoms. The van der Waals surface area contributed by atoms with Gasteiger partial charge in [0.05, 0.1) is 5.69 Å². The first kappa shape index (κ1) is 13.9. The van der Waals surface area contributed by atoms with Crippen molar-refractivity contribution in [1.29, 1.82) is 5.26 Å². The Labute approximate surface area is 135 Å². The van der Waals surface area contributed by atoms with E-state index in [4.69, 9.17) is 11.6 Å². The van der Waals surface area contributed by atoms with Crippen LogP contribution in [0.5, 0.6) is 0 Å². The largest absolute Gasteiger partial charge is 0.219 e. The van der Waals surface area contributed by atoms with Crippen LogP contribution in [0, 0.1) is 11.3 Å². The molecular weight excluding hydrogens is 350 g/mol. The van der Waals surface area contributed by atoms with E-state index in [1.54, 1.807) is 4.68 Å². The Hall–Kier alpha value is -2.09. The number of nitrogens with zero attached hydrogens (tertiary/aromatic N) is 3. The van der Waals surface area contributed by atoms with Crippen LogP contribution in [-0.4, -0.2) is 9.78 Å². The molecule has 0 aliphatic carbocycles. The molecule has 0 aliphatic rings. The molecule has 3 nitrogen and oxygen atoms in total. The lowest BCUT2D eigenvalue weighted by Crippen LogP contribution is -1.97. The van der Waals surface area contributed by atoms with E-state index in [1.807, 2.05) is 54.6 Å². The molecule has 0 unspecified atom stereocenters. The molecule has 0 saturated heterocycles. The molecule has 0 atom stereocenters. The summed E-state index contributed by atoms with van der Waals surface area (Å²) in [5.41, 5.74) is 2.61. The predicted octanol–water partition coefficient (Wildman–Crippen LogP) is 4.83. The third kappa shape index (κ3) is 2.46. The Balaban J connectivity index is 2.25. The van der Waals surface area contributed by atoms with Crippen LogP contribution in [0.3, 0.4) is 0 Å². The summed E-state index contributed by atoms with van der Waals surface area (Å²) in [6.45, 7) is 0. The van der Waals surface area contributed by atoms with E-state index in [2.05, 4.69) is 27.1 Å². The first-order valence-electron chi connectivity index (χ1n) is 6.21. The molecular formula is C16H9BrClN3. The molecule has 0 amide bonds. The van der Waals surface area contributed by atoms with E-state index in [1.165, 1.54) is 0 Å². The second-order valence-corrected chi connectivity index (χ2v) is 5.57. The Morgan fingerprint density at radius 2 is 1.71 bits per heavy atom. The molecule has 1 heterocycles. The number of hydrogen-bond acceptors (Lipinski definition) is 2. The van der Waals surface area contributed by atoms with Gasteiger partial charge in [-0.25, -0.2) is 4.68 Å². The van der Waals surface area contributed by atoms with Gasteiger partial charge in [-0.15, -0.1) is 0 Å². The minimum absolute atomic E-state index is 0.309. The fraction of sp³-hybridized carbons (Fsp3) is 0. The van der Waals surface area contributed by atoms with E-state index in [9.17, 15) is 5.26 Å². The summed E-state index contributed by atoms with van der Waals surface area (Å²) >= 11 is 9.82. The molecule has 3 aromatic rings. The summed E-state index contributed by atoms with van der Waals surface area (Å²) in [6.07, 6.45) is 0. The quantitative estimate of drug-likeness (QED) is 0.658. The van der Waals surface area contributed by atoms with Crippen LogP contribution >= 0.6 is 27.5 Å². The van der Waals surface area contributed by atoms with Crippen LogP contribution in [-0.2, 0) is 0 Å². The molecule has 1 aromatic heterocycles. The summed E-state index contributed by atoms with van der Waals surface area (Å²) in [5, 5.41) is 14.2. The van der Waals surface area contributed by atoms with Gasteiger partial charge in [0.25, 0.3) is 0 Å². The predicted molar refractivity (Wildman–Crippen MR) is 86.4 cm³/mol. The summed E-state index contributed by atoms with van der Waals surface area (Å²) in [4.78, 5) is 0. The second kappa shape index (κ2) is 5.72. The van der Waals surface area contributed by atoms with Crippen molar-refractivity contribution in [2.75, 3.05) is 0 Å². The Morgan fingerprint density at radius 3 is 2.38 bits per heavy atom. The molecule has 0 saturated carbocycles. The lowest BCUT2D eigenvalue weighted by atomic mass is 10.1. The SMILES string of the molecule is N#Cc1c(-c2ccccc2)nn(-c2ccccc2Br)c1Cl. The third-order valence-corrected chi connectivity index (χ3v) is 4.09. The van der Waals surface area contributed by atoms with Crippen LogP contribution < -0.4 is 0 Å². The number of rotatable bonds is 2. The van der Waals surface area contributed by atoms with Crippen molar-refractivity contribution in [1.82, 2.24) is 9.78 Å². The van der Waals surface area contributed by atoms with Gasteiger partial charge in [-0.3, -0.25) is 0 Å². The fourth-order valence-electron chi connectivity index (χ4n) is 2.08. The number of nitriles is 1. The lowest BCUT2D eigenvalue weighted by molar-refractivity contribution is 0.880. The van der Waals surface area contributed by atoms with Crippen LogP contribution in [0.4, 0.5) is 0 Å². The highest BCUT2D eigenvalue weighted by Crippen LogP contribution is 2.32. The number of aromatic nitrogens is 2. The van der Waals surface area contributed by atoms with Gasteiger partial charge < -0.3 is 0 Å². The van der Waals surface area contributed by atoms with Crippen molar-refractivity contribution in [3.63, 3.8) is 0 Å². The molecule has 0 N–H and O–H groups in total. The highest BCUT2D eigenvalue weighted by atomic mass is 79.9. The monoisotopic (exact) mass is 357 g/mol. The molecule has 0 bridgehead atoms. The van der Waals surface area contributed by atoms with Crippen LogP contribution in [0.15, 0.2) is 59.1 Å². The zero-order chi connectivity index (χ0) is 14.8. The van der Waals surface area contributed by atoms with E-state index in [0.717, 1.165) is 15.7 Å². The Bertz CT molecular complexity index is 834. The van der Waals surface area contributed by atoms with Gasteiger partial charge in [0, 0.05) is 10.0 Å². The average Bonchev–Trinajstić information content (AvgIpc) is 2.85. The topological polar surface area (TPSA) is 41.6 Å². The summed E-state index contributed by atoms with van der Waals surface area (Å²) < 4.78 is 2.44. The van der Waals surface area contributed by atoms with Gasteiger partial charge in [-0.2, -0.15) is 10.4 Å². The number of para-hydroxylation sites is 1. The average molecular weight is 359 g/mol. The summed E-state index contributed by atoms with van der Waals surface area (Å²) in [6, 6.07) is 19.3. The van der Waals surface area contributed by atoms with Gasteiger partial charge in [0.1, 0.15) is 17.3 Å². The highest BCUT2D eigenvalue weighted by Gasteiger charge is 2.19. The van der Waals surface area contributed by atoms with Gasteiger partial charge in [0.2, 0.25) is 0 Å². The zero-order valence-corrected chi connectivity index (χ0v) is 13.1. The normalized spacial score (nSPS) is 10.3. The first-order chi connectivity index (χ1) is 10.2. The minimum Gasteiger partial charge on any atom is -0.219 e. The number of benzene rings is 2. The fourth-order valence-corrected chi connectivity index (χ4v) is 2.79. The number of hydrogen-bond donors (Lipinski definition) is 0. The van der Waals surface area contributed by atoms with E-state index >= 15 is 0 Å². The van der Waals surface area contributed by atoms with Crippen molar-refractivity contribution >= 4 is 27.5 Å². The molecule has 0 aliphatic heterocycles. The number of halogens is 2. The van der Waals surface area contributed by atoms with Crippen LogP contribution in [0.1, 0.15) is 5.56 Å². The van der Waals surface area contributed by atoms with Crippen molar-refractivity contribution in [2.45, 2.75) is 0 Å². The highest BCUT2D eigenvalue weighted by molar-refractivity contribution is 9.10. The maximum Gasteiger partial charge on any atom is 0.151 e. The standard InChI is InChI=1S/C16H9BrClN3/c17-13-8-4-5-9-14(13)21-16(18)12(10-19)15(20-21)11-6-2-1-3-7-11/h1-9H. The minimum atomic E-state index is 0.309. The van der Waals surface area contributed by atoms with Gasteiger partial charge in [-0.05, 0) is 28.1 Å². The first-order valence-corrected chi connectivity index (χ1v) is 7.38. The van der Waals surface area contributed by atoms with E-state index < -0.39 is 0 Å². The summed E-state index contributed by atoms with van der Waals surface area (Å²) in [5.74, 6) is 0. The third-order valence-electron chi connectivity index (χ3n) is 3.07. The van der Waals surface area contributed by atoms with Crippen molar-refractivity contribution in [3.8, 4) is 23.0 Å². The Morgan fingerprint density at radius 1 is 1.05 bits per heavy atom. The lowest BCUT2D eigenvalue weighted by Gasteiger charge is -2.04. The molecule has 0 spiro atoms. The van der Waals surface area contributed by atoms with Gasteiger partial charge in [0.15, 0.2) is 5.15 Å². The summed E-state index contributed by atoms with van der Waals surface area (Å²) in [7, 11) is 0. The van der Waals surface area contributed by atoms with Gasteiger partial charge >= 0.3 is 0 Å². The molecule has 0 radical (unpaired) electrons.